The molecule has 0 aromatic heterocycles. The maximum atomic E-state index is 11.6. The molecule has 94 valence electrons. The van der Waals surface area contributed by atoms with Gasteiger partial charge in [-0.2, -0.15) is 0 Å². The fourth-order valence-corrected chi connectivity index (χ4v) is 2.83. The van der Waals surface area contributed by atoms with E-state index in [4.69, 9.17) is 0 Å². The fourth-order valence-electron chi connectivity index (χ4n) is 2.83. The van der Waals surface area contributed by atoms with Crippen LogP contribution in [0.1, 0.15) is 46.0 Å². The molecular formula is C12H23ClN2O. The molecule has 2 heterocycles. The van der Waals surface area contributed by atoms with Crippen LogP contribution < -0.4 is 10.6 Å². The van der Waals surface area contributed by atoms with Crippen LogP contribution in [0.25, 0.3) is 0 Å². The first-order valence-corrected chi connectivity index (χ1v) is 6.19. The molecule has 0 spiro atoms. The zero-order chi connectivity index (χ0) is 10.8. The van der Waals surface area contributed by atoms with Gasteiger partial charge in [0, 0.05) is 24.5 Å². The molecule has 2 rings (SSSR count). The lowest BCUT2D eigenvalue weighted by Crippen LogP contribution is -2.48. The molecule has 0 aliphatic carbocycles. The van der Waals surface area contributed by atoms with Crippen molar-refractivity contribution < 1.29 is 4.79 Å². The van der Waals surface area contributed by atoms with Crippen LogP contribution in [0.3, 0.4) is 0 Å². The van der Waals surface area contributed by atoms with Gasteiger partial charge >= 0.3 is 0 Å². The molecule has 2 unspecified atom stereocenters. The SMILES string of the molecule is CC(C)CC(=O)NC1CC2CCC(C1)N2.Cl. The molecule has 0 saturated carbocycles. The Morgan fingerprint density at radius 2 is 1.88 bits per heavy atom. The van der Waals surface area contributed by atoms with Gasteiger partial charge in [0.1, 0.15) is 0 Å². The zero-order valence-corrected chi connectivity index (χ0v) is 11.0. The van der Waals surface area contributed by atoms with E-state index in [1.54, 1.807) is 0 Å². The minimum absolute atomic E-state index is 0. The van der Waals surface area contributed by atoms with Crippen molar-refractivity contribution in [3.8, 4) is 0 Å². The summed E-state index contributed by atoms with van der Waals surface area (Å²) >= 11 is 0. The van der Waals surface area contributed by atoms with Crippen LogP contribution in [0, 0.1) is 5.92 Å². The van der Waals surface area contributed by atoms with Gasteiger partial charge in [-0.25, -0.2) is 0 Å². The van der Waals surface area contributed by atoms with Crippen LogP contribution in [0.4, 0.5) is 0 Å². The van der Waals surface area contributed by atoms with Crippen molar-refractivity contribution in [2.24, 2.45) is 5.92 Å². The third-order valence-electron chi connectivity index (χ3n) is 3.43. The highest BCUT2D eigenvalue weighted by molar-refractivity contribution is 5.85. The Hall–Kier alpha value is -0.280. The van der Waals surface area contributed by atoms with Gasteiger partial charge in [0.05, 0.1) is 0 Å². The Bertz CT molecular complexity index is 233. The normalized spacial score (nSPS) is 32.3. The van der Waals surface area contributed by atoms with E-state index in [1.165, 1.54) is 12.8 Å². The molecule has 0 aromatic carbocycles. The molecule has 2 atom stereocenters. The van der Waals surface area contributed by atoms with Crippen molar-refractivity contribution in [3.05, 3.63) is 0 Å². The van der Waals surface area contributed by atoms with E-state index < -0.39 is 0 Å². The minimum Gasteiger partial charge on any atom is -0.353 e. The second-order valence-electron chi connectivity index (χ2n) is 5.47. The van der Waals surface area contributed by atoms with Crippen molar-refractivity contribution >= 4 is 18.3 Å². The molecule has 2 bridgehead atoms. The number of piperidine rings is 1. The topological polar surface area (TPSA) is 41.1 Å². The van der Waals surface area contributed by atoms with Gasteiger partial charge < -0.3 is 10.6 Å². The second kappa shape index (κ2) is 5.87. The Kier molecular flexibility index (Phi) is 5.06. The van der Waals surface area contributed by atoms with Gasteiger partial charge in [-0.05, 0) is 31.6 Å². The predicted octanol–water partition coefficient (Wildman–Crippen LogP) is 1.85. The zero-order valence-electron chi connectivity index (χ0n) is 10.2. The lowest BCUT2D eigenvalue weighted by atomic mass is 9.99. The van der Waals surface area contributed by atoms with Crippen LogP contribution >= 0.6 is 12.4 Å². The first-order chi connectivity index (χ1) is 7.13. The molecule has 2 N–H and O–H groups in total. The van der Waals surface area contributed by atoms with Gasteiger partial charge in [0.25, 0.3) is 0 Å². The number of carbonyl (C=O) groups excluding carboxylic acids is 1. The second-order valence-corrected chi connectivity index (χ2v) is 5.47. The Labute approximate surface area is 104 Å². The molecule has 0 radical (unpaired) electrons. The molecule has 4 heteroatoms. The smallest absolute Gasteiger partial charge is 0.220 e. The van der Waals surface area contributed by atoms with E-state index in [1.807, 2.05) is 0 Å². The number of halogens is 1. The molecule has 16 heavy (non-hydrogen) atoms. The first-order valence-electron chi connectivity index (χ1n) is 6.19. The number of hydrogen-bond acceptors (Lipinski definition) is 2. The summed E-state index contributed by atoms with van der Waals surface area (Å²) in [5, 5.41) is 6.76. The summed E-state index contributed by atoms with van der Waals surface area (Å²) in [4.78, 5) is 11.6. The highest BCUT2D eigenvalue weighted by Crippen LogP contribution is 2.26. The van der Waals surface area contributed by atoms with Gasteiger partial charge in [0.2, 0.25) is 5.91 Å². The van der Waals surface area contributed by atoms with E-state index >= 15 is 0 Å². The molecule has 3 nitrogen and oxygen atoms in total. The van der Waals surface area contributed by atoms with Gasteiger partial charge in [-0.1, -0.05) is 13.8 Å². The molecular weight excluding hydrogens is 224 g/mol. The average Bonchev–Trinajstić information content (AvgIpc) is 2.44. The molecule has 2 fully saturated rings. The summed E-state index contributed by atoms with van der Waals surface area (Å²) in [5.74, 6) is 0.694. The first kappa shape index (κ1) is 13.8. The Balaban J connectivity index is 0.00000128. The fraction of sp³-hybridized carbons (Fsp3) is 0.917. The van der Waals surface area contributed by atoms with E-state index in [9.17, 15) is 4.79 Å². The number of carbonyl (C=O) groups is 1. The predicted molar refractivity (Wildman–Crippen MR) is 67.8 cm³/mol. The molecule has 2 aliphatic rings. The number of hydrogen-bond donors (Lipinski definition) is 2. The van der Waals surface area contributed by atoms with Crippen LogP contribution in [0.5, 0.6) is 0 Å². The number of fused-ring (bicyclic) bond motifs is 2. The van der Waals surface area contributed by atoms with E-state index in [-0.39, 0.29) is 18.3 Å². The molecule has 0 aromatic rings. The van der Waals surface area contributed by atoms with Gasteiger partial charge in [-0.3, -0.25) is 4.79 Å². The van der Waals surface area contributed by atoms with Gasteiger partial charge in [0.15, 0.2) is 0 Å². The maximum Gasteiger partial charge on any atom is 0.220 e. The summed E-state index contributed by atoms with van der Waals surface area (Å²) in [5.41, 5.74) is 0. The third-order valence-corrected chi connectivity index (χ3v) is 3.43. The number of nitrogens with one attached hydrogen (secondary N) is 2. The monoisotopic (exact) mass is 246 g/mol. The largest absolute Gasteiger partial charge is 0.353 e. The highest BCUT2D eigenvalue weighted by atomic mass is 35.5. The summed E-state index contributed by atoms with van der Waals surface area (Å²) in [6.45, 7) is 4.18. The maximum absolute atomic E-state index is 11.6. The summed E-state index contributed by atoms with van der Waals surface area (Å²) in [6.07, 6.45) is 5.50. The van der Waals surface area contributed by atoms with Crippen molar-refractivity contribution in [1.82, 2.24) is 10.6 Å². The van der Waals surface area contributed by atoms with E-state index in [0.717, 1.165) is 12.8 Å². The third kappa shape index (κ3) is 3.63. The minimum atomic E-state index is 0. The standard InChI is InChI=1S/C12H22N2O.ClH/c1-8(2)5-12(15)14-11-6-9-3-4-10(7-11)13-9;/h8-11,13H,3-7H2,1-2H3,(H,14,15);1H. The molecule has 2 aliphatic heterocycles. The summed E-state index contributed by atoms with van der Waals surface area (Å²) < 4.78 is 0. The van der Waals surface area contributed by atoms with Gasteiger partial charge in [-0.15, -0.1) is 12.4 Å². The quantitative estimate of drug-likeness (QED) is 0.798. The van der Waals surface area contributed by atoms with Crippen molar-refractivity contribution in [2.75, 3.05) is 0 Å². The Morgan fingerprint density at radius 3 is 2.38 bits per heavy atom. The van der Waals surface area contributed by atoms with Crippen LogP contribution in [-0.4, -0.2) is 24.0 Å². The molecule has 2 saturated heterocycles. The molecule has 1 amide bonds. The van der Waals surface area contributed by atoms with E-state index in [2.05, 4.69) is 24.5 Å². The van der Waals surface area contributed by atoms with Crippen LogP contribution in [0.2, 0.25) is 0 Å². The number of rotatable bonds is 3. The van der Waals surface area contributed by atoms with E-state index in [0.29, 0.717) is 30.5 Å². The highest BCUT2D eigenvalue weighted by Gasteiger charge is 2.33. The van der Waals surface area contributed by atoms with Crippen molar-refractivity contribution in [3.63, 3.8) is 0 Å². The van der Waals surface area contributed by atoms with Crippen molar-refractivity contribution in [1.29, 1.82) is 0 Å². The summed E-state index contributed by atoms with van der Waals surface area (Å²) in [6, 6.07) is 1.75. The lowest BCUT2D eigenvalue weighted by molar-refractivity contribution is -0.122. The average molecular weight is 247 g/mol. The summed E-state index contributed by atoms with van der Waals surface area (Å²) in [7, 11) is 0. The van der Waals surface area contributed by atoms with Crippen LogP contribution in [-0.2, 0) is 4.79 Å². The Morgan fingerprint density at radius 1 is 1.31 bits per heavy atom. The number of amides is 1. The van der Waals surface area contributed by atoms with Crippen molar-refractivity contribution in [2.45, 2.75) is 64.1 Å². The lowest BCUT2D eigenvalue weighted by Gasteiger charge is -2.29. The van der Waals surface area contributed by atoms with Crippen LogP contribution in [0.15, 0.2) is 0 Å².